The number of nitrogens with zero attached hydrogens (tertiary/aromatic N) is 1. The summed E-state index contributed by atoms with van der Waals surface area (Å²) in [5, 5.41) is 9.55. The van der Waals surface area contributed by atoms with Gasteiger partial charge in [0.1, 0.15) is 5.54 Å². The monoisotopic (exact) mass is 376 g/mol. The Morgan fingerprint density at radius 1 is 1.07 bits per heavy atom. The van der Waals surface area contributed by atoms with Crippen molar-refractivity contribution in [3.05, 3.63) is 77.9 Å². The molecule has 4 rings (SSSR count). The molecule has 0 aromatic heterocycles. The van der Waals surface area contributed by atoms with Crippen LogP contribution in [0.5, 0.6) is 0 Å². The zero-order valence-corrected chi connectivity index (χ0v) is 16.1. The molecule has 2 aromatic rings. The van der Waals surface area contributed by atoms with Crippen LogP contribution in [0.2, 0.25) is 0 Å². The molecular formula is C24H28N2O2. The van der Waals surface area contributed by atoms with Gasteiger partial charge in [-0.2, -0.15) is 0 Å². The van der Waals surface area contributed by atoms with E-state index in [-0.39, 0.29) is 5.92 Å². The highest BCUT2D eigenvalue weighted by atomic mass is 16.4. The van der Waals surface area contributed by atoms with E-state index in [2.05, 4.69) is 59.5 Å². The van der Waals surface area contributed by atoms with Crippen molar-refractivity contribution < 1.29 is 9.90 Å². The molecule has 1 heterocycles. The van der Waals surface area contributed by atoms with Crippen LogP contribution < -0.4 is 5.73 Å². The summed E-state index contributed by atoms with van der Waals surface area (Å²) in [4.78, 5) is 14.0. The number of rotatable bonds is 6. The van der Waals surface area contributed by atoms with Crippen LogP contribution in [0.1, 0.15) is 30.4 Å². The molecule has 1 saturated carbocycles. The summed E-state index contributed by atoms with van der Waals surface area (Å²) in [5.74, 6) is -0.362. The molecule has 4 nitrogen and oxygen atoms in total. The van der Waals surface area contributed by atoms with Crippen molar-refractivity contribution in [2.45, 2.75) is 24.8 Å². The van der Waals surface area contributed by atoms with Gasteiger partial charge in [0.2, 0.25) is 0 Å². The molecule has 2 aliphatic rings. The first kappa shape index (κ1) is 18.9. The smallest absolute Gasteiger partial charge is 0.324 e. The molecule has 0 radical (unpaired) electrons. The number of carboxylic acids is 1. The van der Waals surface area contributed by atoms with Crippen LogP contribution in [0.4, 0.5) is 0 Å². The molecule has 1 aliphatic heterocycles. The molecule has 1 aliphatic carbocycles. The Morgan fingerprint density at radius 3 is 2.25 bits per heavy atom. The molecular weight excluding hydrogens is 348 g/mol. The molecule has 0 unspecified atom stereocenters. The maximum absolute atomic E-state index is 11.6. The van der Waals surface area contributed by atoms with Gasteiger partial charge in [-0.1, -0.05) is 66.7 Å². The highest BCUT2D eigenvalue weighted by Gasteiger charge is 2.52. The number of carboxylic acid groups (broad SMARTS) is 1. The van der Waals surface area contributed by atoms with Crippen LogP contribution in [-0.4, -0.2) is 41.1 Å². The Morgan fingerprint density at radius 2 is 1.68 bits per heavy atom. The van der Waals surface area contributed by atoms with Gasteiger partial charge in [0.05, 0.1) is 0 Å². The molecule has 3 atom stereocenters. The lowest BCUT2D eigenvalue weighted by molar-refractivity contribution is -0.144. The Labute approximate surface area is 166 Å². The molecule has 2 aromatic carbocycles. The van der Waals surface area contributed by atoms with E-state index in [0.717, 1.165) is 32.5 Å². The third-order valence-electron chi connectivity index (χ3n) is 6.33. The number of hydrogen-bond acceptors (Lipinski definition) is 3. The molecule has 1 saturated heterocycles. The maximum atomic E-state index is 11.6. The Bertz CT molecular complexity index is 808. The van der Waals surface area contributed by atoms with Crippen molar-refractivity contribution in [3.8, 4) is 0 Å². The van der Waals surface area contributed by atoms with Gasteiger partial charge < -0.3 is 15.7 Å². The van der Waals surface area contributed by atoms with Gasteiger partial charge in [0.15, 0.2) is 0 Å². The minimum Gasteiger partial charge on any atom is -0.480 e. The summed E-state index contributed by atoms with van der Waals surface area (Å²) >= 11 is 0. The molecule has 28 heavy (non-hydrogen) atoms. The lowest BCUT2D eigenvalue weighted by atomic mass is 9.87. The van der Waals surface area contributed by atoms with Crippen LogP contribution >= 0.6 is 0 Å². The molecule has 2 bridgehead atoms. The third-order valence-corrected chi connectivity index (χ3v) is 6.33. The quantitative estimate of drug-likeness (QED) is 0.808. The average molecular weight is 377 g/mol. The highest BCUT2D eigenvalue weighted by Crippen LogP contribution is 2.42. The molecule has 0 spiro atoms. The first-order valence-corrected chi connectivity index (χ1v) is 10.1. The summed E-state index contributed by atoms with van der Waals surface area (Å²) in [7, 11) is 0. The molecule has 0 amide bonds. The van der Waals surface area contributed by atoms with Gasteiger partial charge in [-0.15, -0.1) is 0 Å². The van der Waals surface area contributed by atoms with E-state index in [1.807, 2.05) is 12.1 Å². The van der Waals surface area contributed by atoms with Crippen molar-refractivity contribution in [3.63, 3.8) is 0 Å². The van der Waals surface area contributed by atoms with Crippen molar-refractivity contribution >= 4 is 11.5 Å². The fraction of sp³-hybridized carbons (Fsp3) is 0.375. The molecule has 3 N–H and O–H groups in total. The highest BCUT2D eigenvalue weighted by molar-refractivity contribution is 5.80. The summed E-state index contributed by atoms with van der Waals surface area (Å²) < 4.78 is 0. The second kappa shape index (κ2) is 7.90. The number of benzene rings is 2. The number of fused-ring (bicyclic) bond motifs is 2. The maximum Gasteiger partial charge on any atom is 0.324 e. The number of likely N-dealkylation sites (tertiary alicyclic amines) is 1. The normalized spacial score (nSPS) is 26.8. The second-order valence-corrected chi connectivity index (χ2v) is 8.25. The first-order chi connectivity index (χ1) is 13.6. The largest absolute Gasteiger partial charge is 0.480 e. The lowest BCUT2D eigenvalue weighted by Gasteiger charge is -2.33. The molecule has 146 valence electrons. The van der Waals surface area contributed by atoms with Crippen LogP contribution in [0.15, 0.2) is 66.7 Å². The van der Waals surface area contributed by atoms with E-state index in [1.54, 1.807) is 0 Å². The van der Waals surface area contributed by atoms with Gasteiger partial charge in [-0.05, 0) is 41.9 Å². The van der Waals surface area contributed by atoms with E-state index in [9.17, 15) is 9.90 Å². The predicted octanol–water partition coefficient (Wildman–Crippen LogP) is 3.63. The van der Waals surface area contributed by atoms with Crippen molar-refractivity contribution in [2.24, 2.45) is 17.6 Å². The van der Waals surface area contributed by atoms with E-state index in [0.29, 0.717) is 12.3 Å². The van der Waals surface area contributed by atoms with Gasteiger partial charge in [0, 0.05) is 25.6 Å². The number of carbonyl (C=O) groups is 1. The number of piperidine rings is 1. The third kappa shape index (κ3) is 3.75. The van der Waals surface area contributed by atoms with Crippen molar-refractivity contribution in [1.82, 2.24) is 4.90 Å². The summed E-state index contributed by atoms with van der Waals surface area (Å²) in [5.41, 5.74) is 8.90. The number of nitrogens with two attached hydrogens (primary N) is 1. The van der Waals surface area contributed by atoms with Gasteiger partial charge in [0.25, 0.3) is 0 Å². The Kier molecular flexibility index (Phi) is 5.33. The zero-order valence-electron chi connectivity index (χ0n) is 16.1. The average Bonchev–Trinajstić information content (AvgIpc) is 2.96. The molecule has 4 heteroatoms. The van der Waals surface area contributed by atoms with E-state index < -0.39 is 11.5 Å². The minimum atomic E-state index is -1.03. The van der Waals surface area contributed by atoms with Crippen LogP contribution in [0.25, 0.3) is 5.57 Å². The number of aliphatic carboxylic acids is 1. The van der Waals surface area contributed by atoms with E-state index in [1.165, 1.54) is 16.7 Å². The van der Waals surface area contributed by atoms with E-state index >= 15 is 0 Å². The van der Waals surface area contributed by atoms with E-state index in [4.69, 9.17) is 5.73 Å². The Hall–Kier alpha value is -2.43. The topological polar surface area (TPSA) is 66.6 Å². The van der Waals surface area contributed by atoms with Crippen LogP contribution in [0.3, 0.4) is 0 Å². The lowest BCUT2D eigenvalue weighted by Crippen LogP contribution is -2.53. The zero-order chi connectivity index (χ0) is 19.6. The van der Waals surface area contributed by atoms with Crippen LogP contribution in [0, 0.1) is 11.8 Å². The SMILES string of the molecule is N[C@@]1(C(=O)O)C[C@@H]2C[C@H]1CN(CCC=C(c1ccccc1)c1ccccc1)C2. The summed E-state index contributed by atoms with van der Waals surface area (Å²) in [6, 6.07) is 21.0. The van der Waals surface area contributed by atoms with Crippen molar-refractivity contribution in [2.75, 3.05) is 19.6 Å². The van der Waals surface area contributed by atoms with Gasteiger partial charge in [-0.3, -0.25) is 4.79 Å². The van der Waals surface area contributed by atoms with Crippen molar-refractivity contribution in [1.29, 1.82) is 0 Å². The van der Waals surface area contributed by atoms with Crippen LogP contribution in [-0.2, 0) is 4.79 Å². The van der Waals surface area contributed by atoms with Gasteiger partial charge >= 0.3 is 5.97 Å². The fourth-order valence-corrected chi connectivity index (χ4v) is 4.94. The first-order valence-electron chi connectivity index (χ1n) is 10.1. The standard InChI is InChI=1S/C24H28N2O2/c25-24(23(27)28)15-18-14-21(24)17-26(16-18)13-7-12-22(19-8-3-1-4-9-19)20-10-5-2-6-11-20/h1-6,8-12,18,21H,7,13-17,25H2,(H,27,28)/t18-,21-,24-/m0/s1. The van der Waals surface area contributed by atoms with Gasteiger partial charge in [-0.25, -0.2) is 0 Å². The predicted molar refractivity (Wildman–Crippen MR) is 112 cm³/mol. The second-order valence-electron chi connectivity index (χ2n) is 8.25. The summed E-state index contributed by atoms with van der Waals surface area (Å²) in [6.45, 7) is 2.69. The fourth-order valence-electron chi connectivity index (χ4n) is 4.94. The summed E-state index contributed by atoms with van der Waals surface area (Å²) in [6.07, 6.45) is 4.81. The molecule has 2 fully saturated rings. The minimum absolute atomic E-state index is 0.0652. The Balaban J connectivity index is 1.46. The number of hydrogen-bond donors (Lipinski definition) is 2.